The van der Waals surface area contributed by atoms with Gasteiger partial charge in [-0.3, -0.25) is 4.79 Å². The Balaban J connectivity index is 2.06. The van der Waals surface area contributed by atoms with Crippen molar-refractivity contribution in [3.05, 3.63) is 52.6 Å². The van der Waals surface area contributed by atoms with Crippen LogP contribution in [0.25, 0.3) is 0 Å². The number of amides is 1. The van der Waals surface area contributed by atoms with Gasteiger partial charge in [-0.1, -0.05) is 30.8 Å². The van der Waals surface area contributed by atoms with Crippen molar-refractivity contribution < 1.29 is 4.79 Å². The minimum absolute atomic E-state index is 0.0573. The molecule has 0 spiro atoms. The van der Waals surface area contributed by atoms with E-state index in [1.165, 1.54) is 11.8 Å². The van der Waals surface area contributed by atoms with E-state index in [1.54, 1.807) is 6.20 Å². The molecule has 0 radical (unpaired) electrons. The Kier molecular flexibility index (Phi) is 6.89. The second-order valence-electron chi connectivity index (χ2n) is 4.52. The molecule has 0 saturated carbocycles. The maximum absolute atomic E-state index is 12.3. The Morgan fingerprint density at radius 1 is 1.23 bits per heavy atom. The van der Waals surface area contributed by atoms with Gasteiger partial charge in [-0.2, -0.15) is 0 Å². The zero-order valence-electron chi connectivity index (χ0n) is 12.3. The van der Waals surface area contributed by atoms with Crippen molar-refractivity contribution >= 4 is 33.6 Å². The Bertz CT molecular complexity index is 619. The van der Waals surface area contributed by atoms with E-state index < -0.39 is 0 Å². The van der Waals surface area contributed by atoms with Crippen LogP contribution in [-0.2, 0) is 0 Å². The Labute approximate surface area is 143 Å². The third-order valence-corrected chi connectivity index (χ3v) is 4.38. The van der Waals surface area contributed by atoms with E-state index in [1.807, 2.05) is 43.3 Å². The summed E-state index contributed by atoms with van der Waals surface area (Å²) in [6.45, 7) is 4.32. The van der Waals surface area contributed by atoms with Gasteiger partial charge in [0.05, 0.1) is 5.56 Å². The number of pyridine rings is 1. The van der Waals surface area contributed by atoms with Crippen LogP contribution in [0.1, 0.15) is 17.3 Å². The molecule has 116 valence electrons. The summed E-state index contributed by atoms with van der Waals surface area (Å²) in [7, 11) is 0. The monoisotopic (exact) mass is 379 g/mol. The first kappa shape index (κ1) is 17.0. The zero-order chi connectivity index (χ0) is 15.8. The first-order valence-corrected chi connectivity index (χ1v) is 8.69. The van der Waals surface area contributed by atoms with Crippen LogP contribution in [0.15, 0.2) is 57.0 Å². The molecule has 1 aromatic carbocycles. The molecule has 0 unspecified atom stereocenters. The van der Waals surface area contributed by atoms with Gasteiger partial charge < -0.3 is 10.6 Å². The highest BCUT2D eigenvalue weighted by Crippen LogP contribution is 2.29. The summed E-state index contributed by atoms with van der Waals surface area (Å²) in [4.78, 5) is 17.5. The summed E-state index contributed by atoms with van der Waals surface area (Å²) in [6, 6.07) is 11.4. The first-order valence-electron chi connectivity index (χ1n) is 7.08. The fraction of sp³-hybridized carbons (Fsp3) is 0.250. The second kappa shape index (κ2) is 8.92. The molecule has 0 bridgehead atoms. The van der Waals surface area contributed by atoms with E-state index in [0.29, 0.717) is 12.1 Å². The molecule has 2 aromatic rings. The van der Waals surface area contributed by atoms with E-state index in [9.17, 15) is 4.79 Å². The lowest BCUT2D eigenvalue weighted by atomic mass is 10.2. The van der Waals surface area contributed by atoms with Crippen molar-refractivity contribution in [1.29, 1.82) is 0 Å². The Morgan fingerprint density at radius 3 is 2.77 bits per heavy atom. The molecule has 0 aliphatic heterocycles. The van der Waals surface area contributed by atoms with Crippen molar-refractivity contribution in [3.63, 3.8) is 0 Å². The number of likely N-dealkylation sites (N-methyl/N-ethyl adjacent to an activating group) is 1. The number of nitrogens with one attached hydrogen (secondary N) is 2. The van der Waals surface area contributed by atoms with Crippen LogP contribution in [0.3, 0.4) is 0 Å². The molecule has 4 nitrogen and oxygen atoms in total. The number of halogens is 1. The topological polar surface area (TPSA) is 54.0 Å². The van der Waals surface area contributed by atoms with Crippen molar-refractivity contribution in [3.8, 4) is 0 Å². The van der Waals surface area contributed by atoms with Crippen LogP contribution in [0.2, 0.25) is 0 Å². The van der Waals surface area contributed by atoms with Crippen LogP contribution in [-0.4, -0.2) is 30.5 Å². The minimum atomic E-state index is -0.0573. The van der Waals surface area contributed by atoms with Gasteiger partial charge in [-0.25, -0.2) is 4.98 Å². The van der Waals surface area contributed by atoms with Gasteiger partial charge in [0.25, 0.3) is 5.91 Å². The number of benzene rings is 1. The van der Waals surface area contributed by atoms with Crippen molar-refractivity contribution in [1.82, 2.24) is 15.6 Å². The molecule has 0 aliphatic rings. The number of carbonyl (C=O) groups excluding carboxylic acids is 1. The molecule has 0 aliphatic carbocycles. The molecule has 1 amide bonds. The fourth-order valence-corrected chi connectivity index (χ4v) is 2.93. The lowest BCUT2D eigenvalue weighted by Gasteiger charge is -2.10. The molecular weight excluding hydrogens is 362 g/mol. The van der Waals surface area contributed by atoms with E-state index in [2.05, 4.69) is 31.5 Å². The normalized spacial score (nSPS) is 10.5. The maximum Gasteiger partial charge on any atom is 0.252 e. The number of aromatic nitrogens is 1. The highest BCUT2D eigenvalue weighted by atomic mass is 79.9. The molecule has 2 N–H and O–H groups in total. The maximum atomic E-state index is 12.3. The molecular formula is C16H18BrN3OS. The summed E-state index contributed by atoms with van der Waals surface area (Å²) >= 11 is 4.85. The molecule has 22 heavy (non-hydrogen) atoms. The minimum Gasteiger partial charge on any atom is -0.351 e. The molecule has 1 heterocycles. The third-order valence-electron chi connectivity index (χ3n) is 2.88. The fourth-order valence-electron chi connectivity index (χ4n) is 1.81. The smallest absolute Gasteiger partial charge is 0.252 e. The van der Waals surface area contributed by atoms with E-state index in [0.717, 1.165) is 27.5 Å². The van der Waals surface area contributed by atoms with Gasteiger partial charge >= 0.3 is 0 Å². The first-order chi connectivity index (χ1) is 10.7. The largest absolute Gasteiger partial charge is 0.351 e. The van der Waals surface area contributed by atoms with Crippen LogP contribution >= 0.6 is 27.7 Å². The highest BCUT2D eigenvalue weighted by Gasteiger charge is 2.11. The number of nitrogens with zero attached hydrogens (tertiary/aromatic N) is 1. The Morgan fingerprint density at radius 2 is 2.05 bits per heavy atom. The molecule has 0 fully saturated rings. The number of hydrogen-bond donors (Lipinski definition) is 2. The zero-order valence-corrected chi connectivity index (χ0v) is 14.7. The van der Waals surface area contributed by atoms with Crippen LogP contribution < -0.4 is 10.6 Å². The van der Waals surface area contributed by atoms with Crippen LogP contribution in [0, 0.1) is 0 Å². The SMILES string of the molecule is CCNCCNC(=O)c1ccccc1Sc1ccc(Br)cn1. The van der Waals surface area contributed by atoms with Crippen LogP contribution in [0.4, 0.5) is 0 Å². The average Bonchev–Trinajstić information content (AvgIpc) is 2.54. The number of carbonyl (C=O) groups is 1. The van der Waals surface area contributed by atoms with Crippen molar-refractivity contribution in [2.24, 2.45) is 0 Å². The van der Waals surface area contributed by atoms with Crippen molar-refractivity contribution in [2.45, 2.75) is 16.8 Å². The molecule has 0 saturated heterocycles. The molecule has 2 rings (SSSR count). The Hall–Kier alpha value is -1.37. The number of rotatable bonds is 7. The predicted molar refractivity (Wildman–Crippen MR) is 93.4 cm³/mol. The average molecular weight is 380 g/mol. The quantitative estimate of drug-likeness (QED) is 0.724. The predicted octanol–water partition coefficient (Wildman–Crippen LogP) is 3.33. The lowest BCUT2D eigenvalue weighted by molar-refractivity contribution is 0.0951. The highest BCUT2D eigenvalue weighted by molar-refractivity contribution is 9.10. The summed E-state index contributed by atoms with van der Waals surface area (Å²) in [5.74, 6) is -0.0573. The number of hydrogen-bond acceptors (Lipinski definition) is 4. The standard InChI is InChI=1S/C16H18BrN3OS/c1-2-18-9-10-19-16(21)13-5-3-4-6-14(13)22-15-8-7-12(17)11-20-15/h3-8,11,18H,2,9-10H2,1H3,(H,19,21). The van der Waals surface area contributed by atoms with E-state index in [4.69, 9.17) is 0 Å². The molecule has 6 heteroatoms. The third kappa shape index (κ3) is 5.12. The summed E-state index contributed by atoms with van der Waals surface area (Å²) in [5.41, 5.74) is 0.675. The van der Waals surface area contributed by atoms with Gasteiger partial charge in [0, 0.05) is 28.7 Å². The van der Waals surface area contributed by atoms with Crippen molar-refractivity contribution in [2.75, 3.05) is 19.6 Å². The summed E-state index contributed by atoms with van der Waals surface area (Å²) < 4.78 is 0.936. The van der Waals surface area contributed by atoms with Gasteiger partial charge in [-0.15, -0.1) is 0 Å². The molecule has 0 atom stereocenters. The van der Waals surface area contributed by atoms with E-state index >= 15 is 0 Å². The van der Waals surface area contributed by atoms with Crippen LogP contribution in [0.5, 0.6) is 0 Å². The second-order valence-corrected chi connectivity index (χ2v) is 6.50. The van der Waals surface area contributed by atoms with Gasteiger partial charge in [0.15, 0.2) is 0 Å². The lowest BCUT2D eigenvalue weighted by Crippen LogP contribution is -2.31. The van der Waals surface area contributed by atoms with Gasteiger partial charge in [-0.05, 0) is 46.7 Å². The summed E-state index contributed by atoms with van der Waals surface area (Å²) in [6.07, 6.45) is 1.75. The van der Waals surface area contributed by atoms with E-state index in [-0.39, 0.29) is 5.91 Å². The summed E-state index contributed by atoms with van der Waals surface area (Å²) in [5, 5.41) is 6.96. The van der Waals surface area contributed by atoms with Gasteiger partial charge in [0.2, 0.25) is 0 Å². The van der Waals surface area contributed by atoms with Gasteiger partial charge in [0.1, 0.15) is 5.03 Å². The molecule has 1 aromatic heterocycles.